The minimum absolute atomic E-state index is 0.0737. The zero-order valence-electron chi connectivity index (χ0n) is 20.6. The Hall–Kier alpha value is -4.32. The van der Waals surface area contributed by atoms with E-state index in [0.29, 0.717) is 25.2 Å². The van der Waals surface area contributed by atoms with E-state index in [1.165, 1.54) is 0 Å². The van der Waals surface area contributed by atoms with Crippen LogP contribution in [0.1, 0.15) is 32.7 Å². The molecule has 1 amide bonds. The second-order valence-corrected chi connectivity index (χ2v) is 9.65. The summed E-state index contributed by atoms with van der Waals surface area (Å²) >= 11 is 0. The number of para-hydroxylation sites is 1. The molecule has 5 heteroatoms. The highest BCUT2D eigenvalue weighted by molar-refractivity contribution is 6.03. The number of carbonyl (C=O) groups is 1. The number of carbonyl (C=O) groups excluding carboxylic acids is 1. The zero-order chi connectivity index (χ0) is 25.2. The molecule has 37 heavy (non-hydrogen) atoms. The average Bonchev–Trinajstić information content (AvgIpc) is 3.34. The largest absolute Gasteiger partial charge is 0.351 e. The minimum atomic E-state index is 0.0737. The van der Waals surface area contributed by atoms with Gasteiger partial charge in [-0.25, -0.2) is 9.28 Å². The molecule has 5 aromatic rings. The van der Waals surface area contributed by atoms with E-state index in [4.69, 9.17) is 5.73 Å². The van der Waals surface area contributed by atoms with Crippen LogP contribution in [0.2, 0.25) is 0 Å². The van der Waals surface area contributed by atoms with Crippen LogP contribution < -0.4 is 10.2 Å². The fourth-order valence-corrected chi connectivity index (χ4v) is 5.57. The van der Waals surface area contributed by atoms with E-state index in [-0.39, 0.29) is 10.4 Å². The second-order valence-electron chi connectivity index (χ2n) is 9.65. The van der Waals surface area contributed by atoms with Crippen molar-refractivity contribution in [2.24, 2.45) is 5.73 Å². The predicted octanol–water partition coefficient (Wildman–Crippen LogP) is 5.92. The molecule has 0 saturated carbocycles. The molecular formula is C32H29N4O+. The molecule has 3 aromatic carbocycles. The molecule has 0 fully saturated rings. The Labute approximate surface area is 217 Å². The van der Waals surface area contributed by atoms with Gasteiger partial charge in [0.05, 0.1) is 17.8 Å². The van der Waals surface area contributed by atoms with Crippen LogP contribution >= 0.6 is 0 Å². The van der Waals surface area contributed by atoms with Crippen LogP contribution in [0, 0.1) is 0 Å². The van der Waals surface area contributed by atoms with Crippen molar-refractivity contribution in [3.05, 3.63) is 144 Å². The SMILES string of the molecule is NCc1ccccc1-c1ccc(C(=O)[N+]2(Cc3cccnc3)Cc3cccn3Cc3ccccc32)cc1. The van der Waals surface area contributed by atoms with Crippen molar-refractivity contribution >= 4 is 11.6 Å². The fraction of sp³-hybridized carbons (Fsp3) is 0.125. The van der Waals surface area contributed by atoms with Crippen molar-refractivity contribution in [2.75, 3.05) is 0 Å². The summed E-state index contributed by atoms with van der Waals surface area (Å²) in [5.41, 5.74) is 14.3. The van der Waals surface area contributed by atoms with Gasteiger partial charge in [0, 0.05) is 42.3 Å². The third-order valence-electron chi connectivity index (χ3n) is 7.39. The minimum Gasteiger partial charge on any atom is -0.342 e. The van der Waals surface area contributed by atoms with Gasteiger partial charge in [-0.1, -0.05) is 60.7 Å². The van der Waals surface area contributed by atoms with Crippen molar-refractivity contribution in [2.45, 2.75) is 26.2 Å². The smallest absolute Gasteiger partial charge is 0.342 e. The number of amides is 1. The number of rotatable bonds is 5. The summed E-state index contributed by atoms with van der Waals surface area (Å²) in [4.78, 5) is 19.0. The van der Waals surface area contributed by atoms with Crippen molar-refractivity contribution in [1.82, 2.24) is 14.0 Å². The summed E-state index contributed by atoms with van der Waals surface area (Å²) in [6, 6.07) is 32.7. The van der Waals surface area contributed by atoms with E-state index in [1.54, 1.807) is 6.20 Å². The first-order valence-corrected chi connectivity index (χ1v) is 12.6. The molecule has 0 radical (unpaired) electrons. The van der Waals surface area contributed by atoms with E-state index in [0.717, 1.165) is 45.7 Å². The highest BCUT2D eigenvalue weighted by Crippen LogP contribution is 2.38. The molecule has 0 spiro atoms. The Kier molecular flexibility index (Phi) is 6.01. The quantitative estimate of drug-likeness (QED) is 0.315. The Morgan fingerprint density at radius 1 is 0.892 bits per heavy atom. The Morgan fingerprint density at radius 2 is 1.70 bits per heavy atom. The average molecular weight is 486 g/mol. The third-order valence-corrected chi connectivity index (χ3v) is 7.39. The van der Waals surface area contributed by atoms with Gasteiger partial charge in [-0.05, 0) is 47.0 Å². The van der Waals surface area contributed by atoms with Crippen LogP contribution in [0.5, 0.6) is 0 Å². The van der Waals surface area contributed by atoms with Gasteiger partial charge in [0.25, 0.3) is 0 Å². The lowest BCUT2D eigenvalue weighted by Gasteiger charge is -2.35. The number of benzene rings is 3. The highest BCUT2D eigenvalue weighted by atomic mass is 16.2. The van der Waals surface area contributed by atoms with Crippen molar-refractivity contribution in [3.8, 4) is 11.1 Å². The second kappa shape index (κ2) is 9.62. The first-order valence-electron chi connectivity index (χ1n) is 12.6. The Bertz CT molecular complexity index is 1560. The molecule has 0 aliphatic carbocycles. The molecule has 2 N–H and O–H groups in total. The van der Waals surface area contributed by atoms with Crippen molar-refractivity contribution < 1.29 is 4.79 Å². The lowest BCUT2D eigenvalue weighted by Crippen LogP contribution is -2.53. The highest BCUT2D eigenvalue weighted by Gasteiger charge is 2.44. The zero-order valence-corrected chi connectivity index (χ0v) is 20.6. The van der Waals surface area contributed by atoms with E-state index in [2.05, 4.69) is 58.2 Å². The molecule has 0 bridgehead atoms. The molecule has 6 rings (SSSR count). The van der Waals surface area contributed by atoms with E-state index in [1.807, 2.05) is 60.8 Å². The number of aromatic nitrogens is 2. The number of hydrogen-bond acceptors (Lipinski definition) is 3. The first-order chi connectivity index (χ1) is 18.2. The van der Waals surface area contributed by atoms with Gasteiger partial charge in [0.15, 0.2) is 0 Å². The first kappa shape index (κ1) is 23.1. The molecule has 1 aliphatic rings. The number of hydrogen-bond donors (Lipinski definition) is 1. The molecule has 1 unspecified atom stereocenters. The third kappa shape index (κ3) is 4.18. The van der Waals surface area contributed by atoms with Crippen molar-refractivity contribution in [1.29, 1.82) is 0 Å². The molecule has 182 valence electrons. The molecule has 1 atom stereocenters. The van der Waals surface area contributed by atoms with Crippen molar-refractivity contribution in [3.63, 3.8) is 0 Å². The maximum atomic E-state index is 14.7. The number of pyridine rings is 1. The topological polar surface area (TPSA) is 60.9 Å². The summed E-state index contributed by atoms with van der Waals surface area (Å²) in [5.74, 6) is 0.0737. The van der Waals surface area contributed by atoms with Gasteiger partial charge >= 0.3 is 5.91 Å². The van der Waals surface area contributed by atoms with Gasteiger partial charge in [-0.3, -0.25) is 4.98 Å². The van der Waals surface area contributed by atoms with Gasteiger partial charge in [0.1, 0.15) is 18.8 Å². The number of quaternary nitrogens is 1. The molecule has 5 nitrogen and oxygen atoms in total. The maximum absolute atomic E-state index is 14.7. The van der Waals surface area contributed by atoms with Crippen LogP contribution in [0.25, 0.3) is 11.1 Å². The standard InChI is InChI=1S/C32H29N4O/c33-19-27-8-1-3-11-30(27)25-13-15-26(16-14-25)32(37)36(22-24-7-5-17-34-20-24)23-29-10-6-18-35(29)21-28-9-2-4-12-31(28)36/h1-18,20H,19,21-23,33H2/q+1. The summed E-state index contributed by atoms with van der Waals surface area (Å²) in [5, 5.41) is 0. The van der Waals surface area contributed by atoms with Gasteiger partial charge in [0.2, 0.25) is 0 Å². The number of nitrogens with two attached hydrogens (primary N) is 1. The molecule has 3 heterocycles. The predicted molar refractivity (Wildman–Crippen MR) is 148 cm³/mol. The van der Waals surface area contributed by atoms with Gasteiger partial charge < -0.3 is 10.3 Å². The monoisotopic (exact) mass is 485 g/mol. The summed E-state index contributed by atoms with van der Waals surface area (Å²) in [6.07, 6.45) is 5.74. The van der Waals surface area contributed by atoms with Gasteiger partial charge in [-0.15, -0.1) is 0 Å². The molecule has 2 aromatic heterocycles. The summed E-state index contributed by atoms with van der Waals surface area (Å²) < 4.78 is 2.42. The number of nitrogens with zero attached hydrogens (tertiary/aromatic N) is 3. The summed E-state index contributed by atoms with van der Waals surface area (Å²) in [7, 11) is 0. The van der Waals surface area contributed by atoms with E-state index < -0.39 is 0 Å². The summed E-state index contributed by atoms with van der Waals surface area (Å²) in [6.45, 7) is 2.30. The number of fused-ring (bicyclic) bond motifs is 2. The lowest BCUT2D eigenvalue weighted by molar-refractivity contribution is 0.0736. The van der Waals surface area contributed by atoms with Crippen LogP contribution in [-0.4, -0.2) is 15.5 Å². The van der Waals surface area contributed by atoms with Crippen LogP contribution in [-0.2, 0) is 26.2 Å². The molecular weight excluding hydrogens is 456 g/mol. The van der Waals surface area contributed by atoms with Crippen LogP contribution in [0.4, 0.5) is 5.69 Å². The Balaban J connectivity index is 1.49. The van der Waals surface area contributed by atoms with Gasteiger partial charge in [-0.2, -0.15) is 0 Å². The normalized spacial score (nSPS) is 16.5. The fourth-order valence-electron chi connectivity index (χ4n) is 5.57. The van der Waals surface area contributed by atoms with E-state index in [9.17, 15) is 4.79 Å². The van der Waals surface area contributed by atoms with Crippen LogP contribution in [0.15, 0.2) is 116 Å². The maximum Gasteiger partial charge on any atom is 0.351 e. The lowest BCUT2D eigenvalue weighted by atomic mass is 9.97. The molecule has 0 saturated heterocycles. The van der Waals surface area contributed by atoms with Crippen LogP contribution in [0.3, 0.4) is 0 Å². The van der Waals surface area contributed by atoms with E-state index >= 15 is 0 Å². The Morgan fingerprint density at radius 3 is 2.51 bits per heavy atom. The molecule has 1 aliphatic heterocycles.